The molecule has 0 saturated heterocycles. The van der Waals surface area contributed by atoms with Crippen molar-refractivity contribution in [3.8, 4) is 11.1 Å². The number of nitrogens with one attached hydrogen (secondary N) is 1. The number of imidazole rings is 1. The van der Waals surface area contributed by atoms with E-state index in [-0.39, 0.29) is 6.04 Å². The number of aromatic nitrogens is 3. The summed E-state index contributed by atoms with van der Waals surface area (Å²) in [6, 6.07) is 15.8. The Morgan fingerprint density at radius 2 is 1.56 bits per heavy atom. The van der Waals surface area contributed by atoms with Gasteiger partial charge in [0.1, 0.15) is 0 Å². The Bertz CT molecular complexity index is 955. The van der Waals surface area contributed by atoms with Crippen LogP contribution in [0.5, 0.6) is 0 Å². The van der Waals surface area contributed by atoms with Gasteiger partial charge in [-0.15, -0.1) is 0 Å². The van der Waals surface area contributed by atoms with Crippen LogP contribution in [0.15, 0.2) is 79.6 Å². The van der Waals surface area contributed by atoms with Crippen LogP contribution >= 0.6 is 23.2 Å². The second kappa shape index (κ2) is 6.79. The van der Waals surface area contributed by atoms with Gasteiger partial charge in [0.2, 0.25) is 0 Å². The van der Waals surface area contributed by atoms with Crippen LogP contribution in [0.4, 0.5) is 0 Å². The van der Waals surface area contributed by atoms with E-state index in [1.807, 2.05) is 73.4 Å². The molecule has 1 N–H and O–H groups in total. The molecular weight excluding hydrogens is 353 g/mol. The molecule has 4 aromatic rings. The summed E-state index contributed by atoms with van der Waals surface area (Å²) in [6.07, 6.45) is 9.63. The van der Waals surface area contributed by atoms with E-state index in [1.165, 1.54) is 0 Å². The van der Waals surface area contributed by atoms with Crippen molar-refractivity contribution in [2.24, 2.45) is 0 Å². The van der Waals surface area contributed by atoms with Gasteiger partial charge in [0.15, 0.2) is 0 Å². The average molecular weight is 368 g/mol. The number of halogens is 2. The lowest BCUT2D eigenvalue weighted by Crippen LogP contribution is -2.10. The summed E-state index contributed by atoms with van der Waals surface area (Å²) < 4.78 is 2.09. The first-order chi connectivity index (χ1) is 12.2. The Morgan fingerprint density at radius 1 is 0.880 bits per heavy atom. The minimum Gasteiger partial charge on any atom is -0.367 e. The molecule has 5 heteroatoms. The fourth-order valence-corrected chi connectivity index (χ4v) is 3.31. The predicted octanol–water partition coefficient (Wildman–Crippen LogP) is 5.82. The number of H-pyrrole nitrogens is 1. The Labute approximate surface area is 155 Å². The first-order valence-electron chi connectivity index (χ1n) is 7.88. The zero-order valence-electron chi connectivity index (χ0n) is 13.2. The number of hydrogen-bond donors (Lipinski definition) is 1. The second-order valence-electron chi connectivity index (χ2n) is 5.80. The van der Waals surface area contributed by atoms with E-state index in [1.54, 1.807) is 6.20 Å². The van der Waals surface area contributed by atoms with Gasteiger partial charge in [-0.25, -0.2) is 4.98 Å². The maximum atomic E-state index is 6.07. The third-order valence-corrected chi connectivity index (χ3v) is 4.74. The summed E-state index contributed by atoms with van der Waals surface area (Å²) in [5.74, 6) is 0. The fourth-order valence-electron chi connectivity index (χ4n) is 3.06. The van der Waals surface area contributed by atoms with Crippen molar-refractivity contribution in [3.63, 3.8) is 0 Å². The standard InChI is InChI=1S/C20H15Cl2N3/c21-16-5-1-14(2-6-16)18-11-24-12-19(18)20(25-10-9-23-13-25)15-3-7-17(22)8-4-15/h1-13,20,24H. The number of rotatable bonds is 4. The Hall–Kier alpha value is -2.49. The maximum Gasteiger partial charge on any atom is 0.0954 e. The number of aromatic amines is 1. The van der Waals surface area contributed by atoms with E-state index in [0.717, 1.165) is 32.3 Å². The maximum absolute atomic E-state index is 6.07. The van der Waals surface area contributed by atoms with Crippen LogP contribution in [-0.4, -0.2) is 14.5 Å². The first-order valence-corrected chi connectivity index (χ1v) is 8.63. The van der Waals surface area contributed by atoms with Gasteiger partial charge in [0.25, 0.3) is 0 Å². The van der Waals surface area contributed by atoms with Crippen molar-refractivity contribution in [3.05, 3.63) is 101 Å². The highest BCUT2D eigenvalue weighted by Crippen LogP contribution is 2.35. The van der Waals surface area contributed by atoms with Crippen molar-refractivity contribution >= 4 is 23.2 Å². The lowest BCUT2D eigenvalue weighted by Gasteiger charge is -2.20. The number of nitrogens with zero attached hydrogens (tertiary/aromatic N) is 2. The monoisotopic (exact) mass is 367 g/mol. The zero-order valence-corrected chi connectivity index (χ0v) is 14.7. The number of hydrogen-bond acceptors (Lipinski definition) is 1. The van der Waals surface area contributed by atoms with E-state index >= 15 is 0 Å². The largest absolute Gasteiger partial charge is 0.367 e. The summed E-state index contributed by atoms with van der Waals surface area (Å²) in [6.45, 7) is 0. The van der Waals surface area contributed by atoms with Gasteiger partial charge < -0.3 is 9.55 Å². The van der Waals surface area contributed by atoms with Gasteiger partial charge >= 0.3 is 0 Å². The van der Waals surface area contributed by atoms with Crippen LogP contribution in [0.1, 0.15) is 17.2 Å². The second-order valence-corrected chi connectivity index (χ2v) is 6.67. The lowest BCUT2D eigenvalue weighted by atomic mass is 9.94. The van der Waals surface area contributed by atoms with Crippen LogP contribution in [0.25, 0.3) is 11.1 Å². The minimum absolute atomic E-state index is 0.00306. The quantitative estimate of drug-likeness (QED) is 0.484. The van der Waals surface area contributed by atoms with Gasteiger partial charge in [0, 0.05) is 46.0 Å². The molecule has 0 aliphatic rings. The molecule has 2 aromatic carbocycles. The summed E-state index contributed by atoms with van der Waals surface area (Å²) in [5.41, 5.74) is 4.53. The molecule has 4 rings (SSSR count). The van der Waals surface area contributed by atoms with Crippen LogP contribution in [0, 0.1) is 0 Å². The topological polar surface area (TPSA) is 33.6 Å². The molecule has 1 atom stereocenters. The third kappa shape index (κ3) is 3.21. The van der Waals surface area contributed by atoms with E-state index in [4.69, 9.17) is 23.2 Å². The molecule has 0 bridgehead atoms. The molecule has 0 amide bonds. The van der Waals surface area contributed by atoms with Crippen LogP contribution in [0.2, 0.25) is 10.0 Å². The Balaban J connectivity index is 1.85. The molecule has 124 valence electrons. The highest BCUT2D eigenvalue weighted by atomic mass is 35.5. The zero-order chi connectivity index (χ0) is 17.2. The highest BCUT2D eigenvalue weighted by molar-refractivity contribution is 6.30. The SMILES string of the molecule is Clc1ccc(-c2c[nH]cc2C(c2ccc(Cl)cc2)n2ccnc2)cc1. The molecule has 0 aliphatic carbocycles. The van der Waals surface area contributed by atoms with Crippen molar-refractivity contribution in [1.29, 1.82) is 0 Å². The smallest absolute Gasteiger partial charge is 0.0954 e. The van der Waals surface area contributed by atoms with Crippen molar-refractivity contribution in [2.75, 3.05) is 0 Å². The molecule has 0 aliphatic heterocycles. The minimum atomic E-state index is -0.00306. The molecule has 1 unspecified atom stereocenters. The fraction of sp³-hybridized carbons (Fsp3) is 0.0500. The normalized spacial score (nSPS) is 12.2. The number of benzene rings is 2. The van der Waals surface area contributed by atoms with Gasteiger partial charge in [-0.05, 0) is 35.4 Å². The molecule has 2 aromatic heterocycles. The Morgan fingerprint density at radius 3 is 2.20 bits per heavy atom. The van der Waals surface area contributed by atoms with E-state index in [0.29, 0.717) is 0 Å². The summed E-state index contributed by atoms with van der Waals surface area (Å²) >= 11 is 12.1. The van der Waals surface area contributed by atoms with E-state index < -0.39 is 0 Å². The molecule has 0 radical (unpaired) electrons. The molecular formula is C20H15Cl2N3. The van der Waals surface area contributed by atoms with Gasteiger partial charge in [-0.2, -0.15) is 0 Å². The molecule has 25 heavy (non-hydrogen) atoms. The van der Waals surface area contributed by atoms with Crippen LogP contribution < -0.4 is 0 Å². The van der Waals surface area contributed by atoms with Crippen LogP contribution in [0.3, 0.4) is 0 Å². The highest BCUT2D eigenvalue weighted by Gasteiger charge is 2.20. The molecule has 0 spiro atoms. The third-order valence-electron chi connectivity index (χ3n) is 4.24. The van der Waals surface area contributed by atoms with Gasteiger partial charge in [-0.1, -0.05) is 47.5 Å². The predicted molar refractivity (Wildman–Crippen MR) is 102 cm³/mol. The summed E-state index contributed by atoms with van der Waals surface area (Å²) in [7, 11) is 0. The van der Waals surface area contributed by atoms with E-state index in [9.17, 15) is 0 Å². The van der Waals surface area contributed by atoms with Crippen molar-refractivity contribution in [2.45, 2.75) is 6.04 Å². The lowest BCUT2D eigenvalue weighted by molar-refractivity contribution is 0.679. The molecule has 3 nitrogen and oxygen atoms in total. The van der Waals surface area contributed by atoms with Crippen molar-refractivity contribution < 1.29 is 0 Å². The van der Waals surface area contributed by atoms with Gasteiger partial charge in [-0.3, -0.25) is 0 Å². The molecule has 2 heterocycles. The van der Waals surface area contributed by atoms with Crippen molar-refractivity contribution in [1.82, 2.24) is 14.5 Å². The average Bonchev–Trinajstić information content (AvgIpc) is 3.30. The Kier molecular flexibility index (Phi) is 4.35. The summed E-state index contributed by atoms with van der Waals surface area (Å²) in [5, 5.41) is 1.45. The molecule has 0 saturated carbocycles. The van der Waals surface area contributed by atoms with Crippen LogP contribution in [-0.2, 0) is 0 Å². The van der Waals surface area contributed by atoms with Gasteiger partial charge in [0.05, 0.1) is 12.4 Å². The van der Waals surface area contributed by atoms with E-state index in [2.05, 4.69) is 14.5 Å². The summed E-state index contributed by atoms with van der Waals surface area (Å²) in [4.78, 5) is 7.46. The molecule has 0 fully saturated rings. The first kappa shape index (κ1) is 16.0.